The molecule has 19 heavy (non-hydrogen) atoms. The minimum atomic E-state index is -0.592. The van der Waals surface area contributed by atoms with E-state index in [4.69, 9.17) is 11.6 Å². The highest BCUT2D eigenvalue weighted by atomic mass is 35.5. The van der Waals surface area contributed by atoms with Crippen LogP contribution in [0.2, 0.25) is 5.02 Å². The molecule has 0 aromatic heterocycles. The van der Waals surface area contributed by atoms with Crippen LogP contribution in [0, 0.1) is 11.2 Å². The maximum Gasteiger partial charge on any atom is 0.254 e. The fraction of sp³-hybridized carbons (Fsp3) is 0.500. The van der Waals surface area contributed by atoms with E-state index in [1.165, 1.54) is 18.2 Å². The zero-order valence-electron chi connectivity index (χ0n) is 10.7. The van der Waals surface area contributed by atoms with Gasteiger partial charge in [-0.05, 0) is 31.0 Å². The van der Waals surface area contributed by atoms with Crippen LogP contribution in [0.4, 0.5) is 4.39 Å². The van der Waals surface area contributed by atoms with Crippen molar-refractivity contribution in [2.45, 2.75) is 32.2 Å². The van der Waals surface area contributed by atoms with Crippen molar-refractivity contribution in [1.29, 1.82) is 0 Å². The molecule has 1 fully saturated rings. The molecule has 2 N–H and O–H groups in total. The second-order valence-corrected chi connectivity index (χ2v) is 5.79. The van der Waals surface area contributed by atoms with E-state index in [0.29, 0.717) is 5.02 Å². The summed E-state index contributed by atoms with van der Waals surface area (Å²) in [5.41, 5.74) is -0.385. The Kier molecular flexibility index (Phi) is 4.11. The first-order chi connectivity index (χ1) is 8.96. The molecule has 1 saturated carbocycles. The highest BCUT2D eigenvalue weighted by molar-refractivity contribution is 6.31. The summed E-state index contributed by atoms with van der Waals surface area (Å²) in [5, 5.41) is 12.6. The minimum Gasteiger partial charge on any atom is -0.396 e. The van der Waals surface area contributed by atoms with Crippen molar-refractivity contribution < 1.29 is 14.3 Å². The van der Waals surface area contributed by atoms with Gasteiger partial charge in [0.05, 0.1) is 12.2 Å². The van der Waals surface area contributed by atoms with E-state index >= 15 is 0 Å². The number of amides is 1. The van der Waals surface area contributed by atoms with Gasteiger partial charge in [-0.2, -0.15) is 0 Å². The largest absolute Gasteiger partial charge is 0.396 e. The van der Waals surface area contributed by atoms with Gasteiger partial charge in [0.1, 0.15) is 5.82 Å². The van der Waals surface area contributed by atoms with Crippen molar-refractivity contribution in [3.63, 3.8) is 0 Å². The zero-order chi connectivity index (χ0) is 14.0. The Bertz CT molecular complexity index is 494. The highest BCUT2D eigenvalue weighted by Gasteiger charge is 2.39. The van der Waals surface area contributed by atoms with Gasteiger partial charge in [-0.3, -0.25) is 4.79 Å². The second kappa shape index (κ2) is 5.47. The maximum atomic E-state index is 13.6. The van der Waals surface area contributed by atoms with Crippen molar-refractivity contribution in [2.24, 2.45) is 5.41 Å². The van der Waals surface area contributed by atoms with E-state index in [2.05, 4.69) is 5.32 Å². The summed E-state index contributed by atoms with van der Waals surface area (Å²) in [6.45, 7) is 1.94. The molecule has 1 amide bonds. The summed E-state index contributed by atoms with van der Waals surface area (Å²) in [4.78, 5) is 12.1. The molecular formula is C14H17ClFNO2. The van der Waals surface area contributed by atoms with Gasteiger partial charge in [-0.15, -0.1) is 0 Å². The summed E-state index contributed by atoms with van der Waals surface area (Å²) in [6.07, 6.45) is 2.59. The van der Waals surface area contributed by atoms with E-state index in [9.17, 15) is 14.3 Å². The number of hydrogen-bond acceptors (Lipinski definition) is 2. The van der Waals surface area contributed by atoms with Crippen LogP contribution >= 0.6 is 11.6 Å². The van der Waals surface area contributed by atoms with Crippen LogP contribution < -0.4 is 5.32 Å². The molecule has 3 nitrogen and oxygen atoms in total. The normalized spacial score (nSPS) is 26.4. The third kappa shape index (κ3) is 2.90. The first kappa shape index (κ1) is 14.3. The minimum absolute atomic E-state index is 0.00990. The van der Waals surface area contributed by atoms with E-state index in [1.54, 1.807) is 0 Å². The smallest absolute Gasteiger partial charge is 0.254 e. The molecule has 2 rings (SSSR count). The number of aliphatic hydroxyl groups excluding tert-OH is 1. The summed E-state index contributed by atoms with van der Waals surface area (Å²) >= 11 is 5.77. The lowest BCUT2D eigenvalue weighted by Crippen LogP contribution is -2.45. The van der Waals surface area contributed by atoms with Gasteiger partial charge in [0, 0.05) is 16.5 Å². The Morgan fingerprint density at radius 3 is 3.05 bits per heavy atom. The third-order valence-electron chi connectivity index (χ3n) is 3.92. The molecule has 1 aliphatic carbocycles. The van der Waals surface area contributed by atoms with Crippen molar-refractivity contribution in [3.8, 4) is 0 Å². The molecule has 0 bridgehead atoms. The van der Waals surface area contributed by atoms with Crippen LogP contribution in [0.3, 0.4) is 0 Å². The van der Waals surface area contributed by atoms with Gasteiger partial charge in [-0.1, -0.05) is 24.9 Å². The summed E-state index contributed by atoms with van der Waals surface area (Å²) in [5.74, 6) is -1.07. The number of carbonyl (C=O) groups excluding carboxylic acids is 1. The molecule has 0 radical (unpaired) electrons. The van der Waals surface area contributed by atoms with Crippen molar-refractivity contribution >= 4 is 17.5 Å². The van der Waals surface area contributed by atoms with Gasteiger partial charge in [0.2, 0.25) is 0 Å². The third-order valence-corrected chi connectivity index (χ3v) is 4.16. The predicted octanol–water partition coefficient (Wildman–Crippen LogP) is 2.76. The SMILES string of the molecule is CC1(CO)CCCC1NC(=O)c1cc(Cl)ccc1F. The summed E-state index contributed by atoms with van der Waals surface area (Å²) in [6, 6.07) is 3.76. The van der Waals surface area contributed by atoms with Gasteiger partial charge in [0.25, 0.3) is 5.91 Å². The first-order valence-corrected chi connectivity index (χ1v) is 6.71. The number of hydrogen-bond donors (Lipinski definition) is 2. The number of carbonyl (C=O) groups is 1. The van der Waals surface area contributed by atoms with Crippen molar-refractivity contribution in [1.82, 2.24) is 5.32 Å². The van der Waals surface area contributed by atoms with Crippen LogP contribution in [0.25, 0.3) is 0 Å². The van der Waals surface area contributed by atoms with Crippen LogP contribution in [-0.4, -0.2) is 23.7 Å². The fourth-order valence-corrected chi connectivity index (χ4v) is 2.75. The van der Waals surface area contributed by atoms with Crippen LogP contribution in [0.1, 0.15) is 36.5 Å². The molecule has 0 heterocycles. The van der Waals surface area contributed by atoms with Gasteiger partial charge in [0.15, 0.2) is 0 Å². The van der Waals surface area contributed by atoms with Crippen LogP contribution in [0.5, 0.6) is 0 Å². The number of halogens is 2. The Labute approximate surface area is 116 Å². The molecule has 5 heteroatoms. The average molecular weight is 286 g/mol. The number of nitrogens with one attached hydrogen (secondary N) is 1. The van der Waals surface area contributed by atoms with E-state index in [-0.39, 0.29) is 23.6 Å². The lowest BCUT2D eigenvalue weighted by atomic mass is 9.85. The summed E-state index contributed by atoms with van der Waals surface area (Å²) < 4.78 is 13.6. The zero-order valence-corrected chi connectivity index (χ0v) is 11.5. The Morgan fingerprint density at radius 2 is 2.37 bits per heavy atom. The molecule has 2 unspecified atom stereocenters. The Hall–Kier alpha value is -1.13. The number of rotatable bonds is 3. The summed E-state index contributed by atoms with van der Waals surface area (Å²) in [7, 11) is 0. The van der Waals surface area contributed by atoms with E-state index in [0.717, 1.165) is 19.3 Å². The Balaban J connectivity index is 2.15. The molecule has 0 saturated heterocycles. The Morgan fingerprint density at radius 1 is 1.63 bits per heavy atom. The van der Waals surface area contributed by atoms with Gasteiger partial charge in [-0.25, -0.2) is 4.39 Å². The molecule has 0 aliphatic heterocycles. The topological polar surface area (TPSA) is 49.3 Å². The molecule has 1 aromatic carbocycles. The predicted molar refractivity (Wildman–Crippen MR) is 71.7 cm³/mol. The quantitative estimate of drug-likeness (QED) is 0.897. The molecule has 0 spiro atoms. The highest BCUT2D eigenvalue weighted by Crippen LogP contribution is 2.37. The number of benzene rings is 1. The molecule has 1 aromatic rings. The fourth-order valence-electron chi connectivity index (χ4n) is 2.58. The lowest BCUT2D eigenvalue weighted by molar-refractivity contribution is 0.0827. The van der Waals surface area contributed by atoms with Crippen LogP contribution in [-0.2, 0) is 0 Å². The van der Waals surface area contributed by atoms with Crippen molar-refractivity contribution in [2.75, 3.05) is 6.61 Å². The van der Waals surface area contributed by atoms with E-state index < -0.39 is 11.7 Å². The van der Waals surface area contributed by atoms with Crippen LogP contribution in [0.15, 0.2) is 18.2 Å². The van der Waals surface area contributed by atoms with E-state index in [1.807, 2.05) is 6.92 Å². The molecular weight excluding hydrogens is 269 g/mol. The number of aliphatic hydroxyl groups is 1. The van der Waals surface area contributed by atoms with Gasteiger partial charge < -0.3 is 10.4 Å². The average Bonchev–Trinajstić information content (AvgIpc) is 2.74. The maximum absolute atomic E-state index is 13.6. The van der Waals surface area contributed by atoms with Gasteiger partial charge >= 0.3 is 0 Å². The monoisotopic (exact) mass is 285 g/mol. The molecule has 1 aliphatic rings. The lowest BCUT2D eigenvalue weighted by Gasteiger charge is -2.30. The molecule has 2 atom stereocenters. The standard InChI is InChI=1S/C14H17ClFNO2/c1-14(8-18)6-2-3-12(14)17-13(19)10-7-9(15)4-5-11(10)16/h4-5,7,12,18H,2-3,6,8H2,1H3,(H,17,19). The second-order valence-electron chi connectivity index (χ2n) is 5.35. The van der Waals surface area contributed by atoms with Crippen molar-refractivity contribution in [3.05, 3.63) is 34.6 Å². The first-order valence-electron chi connectivity index (χ1n) is 6.33. The molecule has 104 valence electrons.